The van der Waals surface area contributed by atoms with Crippen LogP contribution in [0.5, 0.6) is 11.5 Å². The van der Waals surface area contributed by atoms with E-state index in [9.17, 15) is 9.59 Å². The highest BCUT2D eigenvalue weighted by Crippen LogP contribution is 2.40. The van der Waals surface area contributed by atoms with Crippen molar-refractivity contribution in [1.82, 2.24) is 10.4 Å². The third-order valence-electron chi connectivity index (χ3n) is 5.14. The number of halogens is 4. The van der Waals surface area contributed by atoms with Gasteiger partial charge in [-0.05, 0) is 83.1 Å². The predicted molar refractivity (Wildman–Crippen MR) is 165 cm³/mol. The Morgan fingerprint density at radius 2 is 1.85 bits per heavy atom. The van der Waals surface area contributed by atoms with E-state index in [0.29, 0.717) is 48.8 Å². The van der Waals surface area contributed by atoms with Crippen LogP contribution >= 0.6 is 74.7 Å². The molecule has 2 N–H and O–H groups in total. The van der Waals surface area contributed by atoms with Crippen LogP contribution < -0.4 is 20.2 Å². The molecule has 1 aliphatic rings. The molecule has 0 bridgehead atoms. The zero-order valence-electron chi connectivity index (χ0n) is 20.1. The Balaban J connectivity index is 1.49. The van der Waals surface area contributed by atoms with Crippen molar-refractivity contribution in [3.05, 3.63) is 90.2 Å². The maximum atomic E-state index is 13.0. The molecule has 0 unspecified atom stereocenters. The summed E-state index contributed by atoms with van der Waals surface area (Å²) in [6, 6.07) is 14.9. The fourth-order valence-corrected chi connectivity index (χ4v) is 5.63. The van der Waals surface area contributed by atoms with Crippen LogP contribution in [0.25, 0.3) is 6.08 Å². The maximum absolute atomic E-state index is 13.0. The van der Waals surface area contributed by atoms with Gasteiger partial charge in [-0.15, -0.1) is 0 Å². The molecule has 202 valence electrons. The van der Waals surface area contributed by atoms with Crippen molar-refractivity contribution < 1.29 is 19.1 Å². The first-order chi connectivity index (χ1) is 18.7. The lowest BCUT2D eigenvalue weighted by molar-refractivity contribution is -0.123. The van der Waals surface area contributed by atoms with Crippen LogP contribution in [0.15, 0.2) is 64.0 Å². The van der Waals surface area contributed by atoms with Crippen LogP contribution in [0.2, 0.25) is 15.1 Å². The van der Waals surface area contributed by atoms with E-state index in [2.05, 4.69) is 26.7 Å². The van der Waals surface area contributed by atoms with Gasteiger partial charge in [0.25, 0.3) is 5.91 Å². The first kappa shape index (κ1) is 29.5. The molecule has 3 aromatic rings. The van der Waals surface area contributed by atoms with Crippen LogP contribution in [0, 0.1) is 0 Å². The summed E-state index contributed by atoms with van der Waals surface area (Å²) in [4.78, 5) is 25.8. The molecule has 0 radical (unpaired) electrons. The van der Waals surface area contributed by atoms with Gasteiger partial charge >= 0.3 is 6.03 Å². The van der Waals surface area contributed by atoms with Crippen molar-refractivity contribution >= 4 is 103 Å². The zero-order valence-corrected chi connectivity index (χ0v) is 25.6. The van der Waals surface area contributed by atoms with E-state index in [0.717, 1.165) is 22.3 Å². The van der Waals surface area contributed by atoms with E-state index in [1.165, 1.54) is 6.07 Å². The molecule has 4 rings (SSSR count). The second-order valence-electron chi connectivity index (χ2n) is 7.86. The van der Waals surface area contributed by atoms with Crippen molar-refractivity contribution in [2.24, 2.45) is 0 Å². The number of hydrogen-bond acceptors (Lipinski definition) is 6. The van der Waals surface area contributed by atoms with E-state index in [1.54, 1.807) is 36.4 Å². The minimum absolute atomic E-state index is 0.166. The highest BCUT2D eigenvalue weighted by molar-refractivity contribution is 9.10. The van der Waals surface area contributed by atoms with Gasteiger partial charge in [-0.3, -0.25) is 4.79 Å². The standard InChI is InChI=1S/C26H19BrCl3N3O4S2/c1-2-36-21-10-14(9-17(27)23(21)37-13-15-5-3-4-6-18(15)28)11-22-24(34)33(26(38)39-22)32-25(35)31-16-7-8-19(29)20(30)12-16/h3-12H,2,13H2,1H3,(H2,31,32,35)/b22-11+. The molecule has 1 heterocycles. The number of nitrogens with one attached hydrogen (secondary N) is 2. The number of hydrogen-bond donors (Lipinski definition) is 2. The van der Waals surface area contributed by atoms with Gasteiger partial charge in [-0.25, -0.2) is 10.2 Å². The monoisotopic (exact) mass is 685 g/mol. The molecule has 7 nitrogen and oxygen atoms in total. The first-order valence-corrected chi connectivity index (χ1v) is 14.4. The van der Waals surface area contributed by atoms with Crippen molar-refractivity contribution in [2.75, 3.05) is 11.9 Å². The number of urea groups is 1. The lowest BCUT2D eigenvalue weighted by atomic mass is 10.1. The maximum Gasteiger partial charge on any atom is 0.338 e. The summed E-state index contributed by atoms with van der Waals surface area (Å²) in [5.41, 5.74) is 4.35. The molecule has 0 spiro atoms. The Bertz CT molecular complexity index is 1490. The van der Waals surface area contributed by atoms with E-state index in [1.807, 2.05) is 25.1 Å². The van der Waals surface area contributed by atoms with Gasteiger partial charge in [0.05, 0.1) is 26.0 Å². The predicted octanol–water partition coefficient (Wildman–Crippen LogP) is 8.32. The molecule has 1 aliphatic heterocycles. The van der Waals surface area contributed by atoms with Crippen LogP contribution in [-0.4, -0.2) is 27.9 Å². The molecule has 0 aromatic heterocycles. The molecular formula is C26H19BrCl3N3O4S2. The summed E-state index contributed by atoms with van der Waals surface area (Å²) < 4.78 is 12.6. The van der Waals surface area contributed by atoms with Gasteiger partial charge in [-0.2, -0.15) is 5.01 Å². The normalized spacial score (nSPS) is 14.1. The number of thiocarbonyl (C=S) groups is 1. The molecule has 1 fully saturated rings. The number of carbonyl (C=O) groups excluding carboxylic acids is 2. The Labute approximate surface area is 257 Å². The fourth-order valence-electron chi connectivity index (χ4n) is 3.39. The van der Waals surface area contributed by atoms with Crippen LogP contribution in [0.1, 0.15) is 18.1 Å². The molecule has 3 amide bonds. The molecule has 1 saturated heterocycles. The number of carbonyl (C=O) groups is 2. The molecule has 13 heteroatoms. The molecule has 39 heavy (non-hydrogen) atoms. The number of rotatable bonds is 8. The average Bonchev–Trinajstić information content (AvgIpc) is 3.14. The second-order valence-corrected chi connectivity index (χ2v) is 11.6. The van der Waals surface area contributed by atoms with Gasteiger partial charge in [0.2, 0.25) is 0 Å². The van der Waals surface area contributed by atoms with Gasteiger partial charge in [0.1, 0.15) is 6.61 Å². The highest BCUT2D eigenvalue weighted by atomic mass is 79.9. The Morgan fingerprint density at radius 3 is 2.56 bits per heavy atom. The number of ether oxygens (including phenoxy) is 2. The van der Waals surface area contributed by atoms with E-state index >= 15 is 0 Å². The minimum atomic E-state index is -0.674. The summed E-state index contributed by atoms with van der Waals surface area (Å²) >= 11 is 28.1. The van der Waals surface area contributed by atoms with Gasteiger partial charge in [0, 0.05) is 16.3 Å². The number of nitrogens with zero attached hydrogens (tertiary/aromatic N) is 1. The number of anilines is 1. The third kappa shape index (κ3) is 7.39. The molecule has 3 aromatic carbocycles. The Hall–Kier alpha value is -2.47. The Morgan fingerprint density at radius 1 is 1.08 bits per heavy atom. The minimum Gasteiger partial charge on any atom is -0.490 e. The van der Waals surface area contributed by atoms with E-state index in [4.69, 9.17) is 56.5 Å². The quantitative estimate of drug-likeness (QED) is 0.183. The van der Waals surface area contributed by atoms with Crippen LogP contribution in [-0.2, 0) is 11.4 Å². The number of amides is 3. The zero-order chi connectivity index (χ0) is 28.1. The summed E-state index contributed by atoms with van der Waals surface area (Å²) in [6.07, 6.45) is 1.66. The largest absolute Gasteiger partial charge is 0.490 e. The first-order valence-electron chi connectivity index (χ1n) is 11.3. The summed E-state index contributed by atoms with van der Waals surface area (Å²) in [5.74, 6) is 0.504. The van der Waals surface area contributed by atoms with Gasteiger partial charge < -0.3 is 14.8 Å². The lowest BCUT2D eigenvalue weighted by Gasteiger charge is -2.16. The van der Waals surface area contributed by atoms with Crippen LogP contribution in [0.4, 0.5) is 10.5 Å². The second kappa shape index (κ2) is 13.3. The van der Waals surface area contributed by atoms with Crippen molar-refractivity contribution in [2.45, 2.75) is 13.5 Å². The number of hydrazine groups is 1. The lowest BCUT2D eigenvalue weighted by Crippen LogP contribution is -2.46. The molecule has 0 aliphatic carbocycles. The highest BCUT2D eigenvalue weighted by Gasteiger charge is 2.34. The third-order valence-corrected chi connectivity index (χ3v) is 8.14. The number of benzene rings is 3. The van der Waals surface area contributed by atoms with E-state index < -0.39 is 11.9 Å². The molecular weight excluding hydrogens is 669 g/mol. The van der Waals surface area contributed by atoms with Gasteiger partial charge in [0.15, 0.2) is 15.8 Å². The Kier molecular flexibility index (Phi) is 10.0. The summed E-state index contributed by atoms with van der Waals surface area (Å²) in [5, 5.41) is 4.81. The molecule has 0 atom stereocenters. The summed E-state index contributed by atoms with van der Waals surface area (Å²) in [6.45, 7) is 2.50. The summed E-state index contributed by atoms with van der Waals surface area (Å²) in [7, 11) is 0. The van der Waals surface area contributed by atoms with Crippen molar-refractivity contribution in [1.29, 1.82) is 0 Å². The molecule has 0 saturated carbocycles. The number of thioether (sulfide) groups is 1. The van der Waals surface area contributed by atoms with Crippen LogP contribution in [0.3, 0.4) is 0 Å². The fraction of sp³-hybridized carbons (Fsp3) is 0.115. The topological polar surface area (TPSA) is 79.9 Å². The van der Waals surface area contributed by atoms with E-state index in [-0.39, 0.29) is 16.0 Å². The smallest absolute Gasteiger partial charge is 0.338 e. The van der Waals surface area contributed by atoms with Crippen molar-refractivity contribution in [3.8, 4) is 11.5 Å². The SMILES string of the molecule is CCOc1cc(/C=C2/SC(=S)N(NC(=O)Nc3ccc(Cl)c(Cl)c3)C2=O)cc(Br)c1OCc1ccccc1Cl. The average molecular weight is 688 g/mol. The van der Waals surface area contributed by atoms with Crippen molar-refractivity contribution in [3.63, 3.8) is 0 Å². The van der Waals surface area contributed by atoms with Gasteiger partial charge in [-0.1, -0.05) is 64.8 Å².